The van der Waals surface area contributed by atoms with Gasteiger partial charge in [-0.1, -0.05) is 22.9 Å². The first-order valence-electron chi connectivity index (χ1n) is 4.40. The highest BCUT2D eigenvalue weighted by molar-refractivity contribution is 9.10. The number of halogens is 1. The molecule has 0 saturated heterocycles. The Kier molecular flexibility index (Phi) is 4.10. The number of anilines is 1. The van der Waals surface area contributed by atoms with E-state index in [1.807, 2.05) is 24.3 Å². The molecule has 0 aliphatic carbocycles. The Balaban J connectivity index is 2.60. The van der Waals surface area contributed by atoms with Crippen LogP contribution in [0.25, 0.3) is 0 Å². The average Bonchev–Trinajstić information content (AvgIpc) is 2.20. The number of nitrogens with one attached hydrogen (secondary N) is 1. The molecule has 3 nitrogen and oxygen atoms in total. The minimum absolute atomic E-state index is 0.0465. The van der Waals surface area contributed by atoms with Crippen LogP contribution in [0.1, 0.15) is 6.92 Å². The maximum atomic E-state index is 11.4. The molecule has 1 unspecified atom stereocenters. The monoisotopic (exact) mass is 256 g/mol. The van der Waals surface area contributed by atoms with Crippen LogP contribution >= 0.6 is 15.9 Å². The van der Waals surface area contributed by atoms with Crippen LogP contribution in [0.15, 0.2) is 28.7 Å². The maximum absolute atomic E-state index is 11.4. The molecule has 0 aliphatic heterocycles. The first-order valence-corrected chi connectivity index (χ1v) is 5.19. The SMILES string of the molecule is CC(CN)C(=O)Nc1ccc(Br)cc1. The zero-order valence-electron chi connectivity index (χ0n) is 7.96. The summed E-state index contributed by atoms with van der Waals surface area (Å²) in [5.41, 5.74) is 6.17. The molecule has 3 N–H and O–H groups in total. The number of benzene rings is 1. The van der Waals surface area contributed by atoms with Gasteiger partial charge in [-0.2, -0.15) is 0 Å². The molecule has 1 atom stereocenters. The summed E-state index contributed by atoms with van der Waals surface area (Å²) in [6.07, 6.45) is 0. The Morgan fingerprint density at radius 2 is 2.07 bits per heavy atom. The van der Waals surface area contributed by atoms with Crippen LogP contribution in [0.4, 0.5) is 5.69 Å². The Morgan fingerprint density at radius 3 is 2.57 bits per heavy atom. The van der Waals surface area contributed by atoms with E-state index in [1.165, 1.54) is 0 Å². The fraction of sp³-hybridized carbons (Fsp3) is 0.300. The van der Waals surface area contributed by atoms with Gasteiger partial charge in [0.15, 0.2) is 0 Å². The van der Waals surface area contributed by atoms with Gasteiger partial charge >= 0.3 is 0 Å². The van der Waals surface area contributed by atoms with Gasteiger partial charge in [0.2, 0.25) is 5.91 Å². The van der Waals surface area contributed by atoms with E-state index in [9.17, 15) is 4.79 Å². The summed E-state index contributed by atoms with van der Waals surface area (Å²) in [6.45, 7) is 2.16. The van der Waals surface area contributed by atoms with Crippen LogP contribution in [-0.4, -0.2) is 12.5 Å². The van der Waals surface area contributed by atoms with Crippen LogP contribution in [0.2, 0.25) is 0 Å². The van der Waals surface area contributed by atoms with Crippen molar-refractivity contribution in [2.24, 2.45) is 11.7 Å². The summed E-state index contributed by atoms with van der Waals surface area (Å²) in [5, 5.41) is 2.78. The minimum Gasteiger partial charge on any atom is -0.330 e. The molecule has 1 amide bonds. The second kappa shape index (κ2) is 5.12. The lowest BCUT2D eigenvalue weighted by atomic mass is 10.1. The number of nitrogens with two attached hydrogens (primary N) is 1. The molecule has 0 aliphatic rings. The van der Waals surface area contributed by atoms with Crippen LogP contribution < -0.4 is 11.1 Å². The predicted molar refractivity (Wildman–Crippen MR) is 61.0 cm³/mol. The first kappa shape index (κ1) is 11.2. The van der Waals surface area contributed by atoms with E-state index in [1.54, 1.807) is 6.92 Å². The number of carbonyl (C=O) groups excluding carboxylic acids is 1. The largest absolute Gasteiger partial charge is 0.330 e. The van der Waals surface area contributed by atoms with Crippen molar-refractivity contribution in [2.75, 3.05) is 11.9 Å². The van der Waals surface area contributed by atoms with Crippen molar-refractivity contribution in [2.45, 2.75) is 6.92 Å². The van der Waals surface area contributed by atoms with E-state index in [0.717, 1.165) is 10.2 Å². The Labute approximate surface area is 91.8 Å². The van der Waals surface area contributed by atoms with Gasteiger partial charge in [0, 0.05) is 22.6 Å². The second-order valence-corrected chi connectivity index (χ2v) is 4.05. The normalized spacial score (nSPS) is 12.2. The third kappa shape index (κ3) is 3.12. The van der Waals surface area contributed by atoms with E-state index in [-0.39, 0.29) is 11.8 Å². The van der Waals surface area contributed by atoms with Gasteiger partial charge in [-0.25, -0.2) is 0 Å². The fourth-order valence-electron chi connectivity index (χ4n) is 0.906. The molecule has 14 heavy (non-hydrogen) atoms. The molecule has 1 rings (SSSR count). The molecule has 1 aromatic carbocycles. The standard InChI is InChI=1S/C10H13BrN2O/c1-7(6-12)10(14)13-9-4-2-8(11)3-5-9/h2-5,7H,6,12H2,1H3,(H,13,14). The zero-order valence-corrected chi connectivity index (χ0v) is 9.54. The van der Waals surface area contributed by atoms with Gasteiger partial charge in [-0.3, -0.25) is 4.79 Å². The highest BCUT2D eigenvalue weighted by Crippen LogP contribution is 2.14. The highest BCUT2D eigenvalue weighted by Gasteiger charge is 2.10. The van der Waals surface area contributed by atoms with Gasteiger partial charge in [-0.05, 0) is 24.3 Å². The van der Waals surface area contributed by atoms with Crippen molar-refractivity contribution >= 4 is 27.5 Å². The smallest absolute Gasteiger partial charge is 0.228 e. The molecule has 1 aromatic rings. The van der Waals surface area contributed by atoms with Crippen LogP contribution in [0.5, 0.6) is 0 Å². The summed E-state index contributed by atoms with van der Waals surface area (Å²) in [5.74, 6) is -0.200. The summed E-state index contributed by atoms with van der Waals surface area (Å²) in [7, 11) is 0. The summed E-state index contributed by atoms with van der Waals surface area (Å²) >= 11 is 3.32. The van der Waals surface area contributed by atoms with Gasteiger partial charge in [0.1, 0.15) is 0 Å². The summed E-state index contributed by atoms with van der Waals surface area (Å²) < 4.78 is 0.988. The van der Waals surface area contributed by atoms with E-state index >= 15 is 0 Å². The molecule has 0 heterocycles. The van der Waals surface area contributed by atoms with Crippen molar-refractivity contribution < 1.29 is 4.79 Å². The van der Waals surface area contributed by atoms with Crippen molar-refractivity contribution in [3.8, 4) is 0 Å². The van der Waals surface area contributed by atoms with E-state index in [0.29, 0.717) is 6.54 Å². The van der Waals surface area contributed by atoms with Crippen molar-refractivity contribution in [3.63, 3.8) is 0 Å². The Hall–Kier alpha value is -0.870. The molecule has 0 fully saturated rings. The lowest BCUT2D eigenvalue weighted by Gasteiger charge is -2.09. The van der Waals surface area contributed by atoms with Crippen LogP contribution in [0, 0.1) is 5.92 Å². The molecule has 0 spiro atoms. The first-order chi connectivity index (χ1) is 6.63. The summed E-state index contributed by atoms with van der Waals surface area (Å²) in [6, 6.07) is 7.43. The van der Waals surface area contributed by atoms with E-state index in [4.69, 9.17) is 5.73 Å². The molecule has 0 saturated carbocycles. The number of hydrogen-bond acceptors (Lipinski definition) is 2. The molecule has 0 aromatic heterocycles. The predicted octanol–water partition coefficient (Wildman–Crippen LogP) is 1.98. The van der Waals surface area contributed by atoms with Crippen LogP contribution in [-0.2, 0) is 4.79 Å². The Bertz CT molecular complexity index is 310. The average molecular weight is 257 g/mol. The van der Waals surface area contributed by atoms with Crippen molar-refractivity contribution in [1.29, 1.82) is 0 Å². The maximum Gasteiger partial charge on any atom is 0.228 e. The second-order valence-electron chi connectivity index (χ2n) is 3.13. The van der Waals surface area contributed by atoms with Gasteiger partial charge in [-0.15, -0.1) is 0 Å². The zero-order chi connectivity index (χ0) is 10.6. The molecule has 4 heteroatoms. The highest BCUT2D eigenvalue weighted by atomic mass is 79.9. The van der Waals surface area contributed by atoms with Crippen LogP contribution in [0.3, 0.4) is 0 Å². The number of hydrogen-bond donors (Lipinski definition) is 2. The molecule has 76 valence electrons. The number of carbonyl (C=O) groups is 1. The lowest BCUT2D eigenvalue weighted by Crippen LogP contribution is -2.26. The number of amides is 1. The van der Waals surface area contributed by atoms with Crippen molar-refractivity contribution in [1.82, 2.24) is 0 Å². The lowest BCUT2D eigenvalue weighted by molar-refractivity contribution is -0.119. The quantitative estimate of drug-likeness (QED) is 0.869. The van der Waals surface area contributed by atoms with Gasteiger partial charge < -0.3 is 11.1 Å². The van der Waals surface area contributed by atoms with Gasteiger partial charge in [0.25, 0.3) is 0 Å². The van der Waals surface area contributed by atoms with E-state index in [2.05, 4.69) is 21.2 Å². The third-order valence-corrected chi connectivity index (χ3v) is 2.44. The molecule has 0 bridgehead atoms. The summed E-state index contributed by atoms with van der Waals surface area (Å²) in [4.78, 5) is 11.4. The fourth-order valence-corrected chi connectivity index (χ4v) is 1.17. The Morgan fingerprint density at radius 1 is 1.50 bits per heavy atom. The molecular formula is C10H13BrN2O. The molecule has 0 radical (unpaired) electrons. The van der Waals surface area contributed by atoms with Crippen molar-refractivity contribution in [3.05, 3.63) is 28.7 Å². The topological polar surface area (TPSA) is 55.1 Å². The molecular weight excluding hydrogens is 244 g/mol. The number of rotatable bonds is 3. The minimum atomic E-state index is -0.154. The third-order valence-electron chi connectivity index (χ3n) is 1.91. The van der Waals surface area contributed by atoms with Gasteiger partial charge in [0.05, 0.1) is 0 Å². The van der Waals surface area contributed by atoms with E-state index < -0.39 is 0 Å².